The Balaban J connectivity index is 1.60. The molecular weight excluding hydrogens is 336 g/mol. The van der Waals surface area contributed by atoms with E-state index < -0.39 is 0 Å². The van der Waals surface area contributed by atoms with E-state index in [1.807, 2.05) is 24.3 Å². The van der Waals surface area contributed by atoms with E-state index in [9.17, 15) is 4.79 Å². The molecule has 0 aliphatic rings. The van der Waals surface area contributed by atoms with Gasteiger partial charge in [0.1, 0.15) is 23.9 Å². The Morgan fingerprint density at radius 2 is 1.88 bits per heavy atom. The maximum atomic E-state index is 11.8. The smallest absolute Gasteiger partial charge is 0.239 e. The number of carbonyl (C=O) groups excluding carboxylic acids is 1. The highest BCUT2D eigenvalue weighted by atomic mass is 16.5. The van der Waals surface area contributed by atoms with Crippen LogP contribution in [0.2, 0.25) is 0 Å². The summed E-state index contributed by atoms with van der Waals surface area (Å²) in [5, 5.41) is 8.76. The first-order valence-corrected chi connectivity index (χ1v) is 8.21. The molecule has 1 heterocycles. The summed E-state index contributed by atoms with van der Waals surface area (Å²) in [7, 11) is 3.26. The highest BCUT2D eigenvalue weighted by molar-refractivity contribution is 5.86. The van der Waals surface area contributed by atoms with Gasteiger partial charge in [0, 0.05) is 7.05 Å². The van der Waals surface area contributed by atoms with Gasteiger partial charge in [-0.3, -0.25) is 9.79 Å². The molecule has 0 bridgehead atoms. The Bertz CT molecular complexity index is 684. The van der Waals surface area contributed by atoms with Crippen molar-refractivity contribution >= 4 is 11.9 Å². The molecule has 8 nitrogen and oxygen atoms in total. The Morgan fingerprint density at radius 1 is 1.12 bits per heavy atom. The molecule has 2 aromatic rings. The normalized spacial score (nSPS) is 10.9. The Hall–Kier alpha value is -3.16. The van der Waals surface area contributed by atoms with Crippen molar-refractivity contribution in [2.75, 3.05) is 33.9 Å². The van der Waals surface area contributed by atoms with E-state index in [-0.39, 0.29) is 12.5 Å². The number of hydrogen-bond acceptors (Lipinski definition) is 5. The number of hydrogen-bond donors (Lipinski definition) is 3. The SMILES string of the molecule is CN=C(NCCOc1ccc(OC)cc1)NCC(=O)NCc1ccco1. The summed E-state index contributed by atoms with van der Waals surface area (Å²) in [6.45, 7) is 1.46. The third kappa shape index (κ3) is 6.76. The molecule has 140 valence electrons. The molecule has 8 heteroatoms. The van der Waals surface area contributed by atoms with E-state index in [2.05, 4.69) is 20.9 Å². The second-order valence-electron chi connectivity index (χ2n) is 5.23. The lowest BCUT2D eigenvalue weighted by Crippen LogP contribution is -2.44. The Labute approximate surface area is 152 Å². The molecule has 0 aliphatic heterocycles. The van der Waals surface area contributed by atoms with Crippen LogP contribution in [0.4, 0.5) is 0 Å². The Morgan fingerprint density at radius 3 is 2.54 bits per heavy atom. The van der Waals surface area contributed by atoms with Crippen LogP contribution in [0.3, 0.4) is 0 Å². The maximum Gasteiger partial charge on any atom is 0.239 e. The number of nitrogens with one attached hydrogen (secondary N) is 3. The predicted octanol–water partition coefficient (Wildman–Crippen LogP) is 1.15. The summed E-state index contributed by atoms with van der Waals surface area (Å²) in [6, 6.07) is 10.9. The number of nitrogens with zero attached hydrogens (tertiary/aromatic N) is 1. The van der Waals surface area contributed by atoms with Gasteiger partial charge < -0.3 is 29.8 Å². The van der Waals surface area contributed by atoms with Crippen LogP contribution in [-0.2, 0) is 11.3 Å². The molecule has 0 aliphatic carbocycles. The van der Waals surface area contributed by atoms with E-state index in [0.29, 0.717) is 31.4 Å². The summed E-state index contributed by atoms with van der Waals surface area (Å²) >= 11 is 0. The summed E-state index contributed by atoms with van der Waals surface area (Å²) in [6.07, 6.45) is 1.57. The van der Waals surface area contributed by atoms with Crippen LogP contribution >= 0.6 is 0 Å². The number of benzene rings is 1. The van der Waals surface area contributed by atoms with Crippen molar-refractivity contribution in [1.29, 1.82) is 0 Å². The van der Waals surface area contributed by atoms with Crippen molar-refractivity contribution in [2.24, 2.45) is 4.99 Å². The zero-order chi connectivity index (χ0) is 18.6. The van der Waals surface area contributed by atoms with Crippen LogP contribution in [0, 0.1) is 0 Å². The third-order valence-corrected chi connectivity index (χ3v) is 3.40. The molecule has 2 rings (SSSR count). The van der Waals surface area contributed by atoms with Gasteiger partial charge in [-0.2, -0.15) is 0 Å². The largest absolute Gasteiger partial charge is 0.497 e. The lowest BCUT2D eigenvalue weighted by atomic mass is 10.3. The first kappa shape index (κ1) is 19.2. The summed E-state index contributed by atoms with van der Waals surface area (Å²) in [4.78, 5) is 15.9. The maximum absolute atomic E-state index is 11.8. The first-order valence-electron chi connectivity index (χ1n) is 8.21. The highest BCUT2D eigenvalue weighted by Gasteiger charge is 2.04. The van der Waals surface area contributed by atoms with Crippen molar-refractivity contribution in [2.45, 2.75) is 6.54 Å². The van der Waals surface area contributed by atoms with Gasteiger partial charge in [-0.05, 0) is 36.4 Å². The van der Waals surface area contributed by atoms with Gasteiger partial charge in [0.15, 0.2) is 5.96 Å². The van der Waals surface area contributed by atoms with Gasteiger partial charge in [0.2, 0.25) is 5.91 Å². The topological polar surface area (TPSA) is 97.1 Å². The lowest BCUT2D eigenvalue weighted by molar-refractivity contribution is -0.120. The predicted molar refractivity (Wildman–Crippen MR) is 98.4 cm³/mol. The lowest BCUT2D eigenvalue weighted by Gasteiger charge is -2.12. The van der Waals surface area contributed by atoms with Gasteiger partial charge in [0.05, 0.1) is 33.0 Å². The number of carbonyl (C=O) groups is 1. The number of aliphatic imine (C=N–C) groups is 1. The second kappa shape index (κ2) is 10.7. The van der Waals surface area contributed by atoms with Crippen molar-refractivity contribution < 1.29 is 18.7 Å². The van der Waals surface area contributed by atoms with Gasteiger partial charge >= 0.3 is 0 Å². The van der Waals surface area contributed by atoms with Crippen molar-refractivity contribution in [3.63, 3.8) is 0 Å². The van der Waals surface area contributed by atoms with Gasteiger partial charge in [-0.1, -0.05) is 0 Å². The van der Waals surface area contributed by atoms with Gasteiger partial charge in [0.25, 0.3) is 0 Å². The van der Waals surface area contributed by atoms with Crippen LogP contribution in [0.15, 0.2) is 52.1 Å². The monoisotopic (exact) mass is 360 g/mol. The number of rotatable bonds is 9. The van der Waals surface area contributed by atoms with Crippen LogP contribution in [0.25, 0.3) is 0 Å². The fraction of sp³-hybridized carbons (Fsp3) is 0.333. The third-order valence-electron chi connectivity index (χ3n) is 3.40. The van der Waals surface area contributed by atoms with E-state index in [1.165, 1.54) is 0 Å². The minimum Gasteiger partial charge on any atom is -0.497 e. The van der Waals surface area contributed by atoms with Gasteiger partial charge in [-0.15, -0.1) is 0 Å². The molecule has 3 N–H and O–H groups in total. The van der Waals surface area contributed by atoms with Crippen LogP contribution < -0.4 is 25.4 Å². The number of methoxy groups -OCH3 is 1. The number of guanidine groups is 1. The minimum absolute atomic E-state index is 0.111. The second-order valence-corrected chi connectivity index (χ2v) is 5.23. The minimum atomic E-state index is -0.154. The molecule has 0 fully saturated rings. The summed E-state index contributed by atoms with van der Waals surface area (Å²) in [5.41, 5.74) is 0. The quantitative estimate of drug-likeness (QED) is 0.353. The molecule has 0 saturated carbocycles. The molecule has 0 saturated heterocycles. The van der Waals surface area contributed by atoms with Crippen molar-refractivity contribution in [3.05, 3.63) is 48.4 Å². The van der Waals surface area contributed by atoms with E-state index >= 15 is 0 Å². The van der Waals surface area contributed by atoms with Crippen LogP contribution in [0.1, 0.15) is 5.76 Å². The van der Waals surface area contributed by atoms with E-state index in [0.717, 1.165) is 11.5 Å². The average molecular weight is 360 g/mol. The molecule has 26 heavy (non-hydrogen) atoms. The molecule has 0 radical (unpaired) electrons. The van der Waals surface area contributed by atoms with E-state index in [1.54, 1.807) is 32.6 Å². The fourth-order valence-electron chi connectivity index (χ4n) is 2.06. The highest BCUT2D eigenvalue weighted by Crippen LogP contribution is 2.16. The number of amides is 1. The number of ether oxygens (including phenoxy) is 2. The molecule has 0 unspecified atom stereocenters. The summed E-state index contributed by atoms with van der Waals surface area (Å²) < 4.78 is 15.9. The fourth-order valence-corrected chi connectivity index (χ4v) is 2.06. The van der Waals surface area contributed by atoms with Crippen molar-refractivity contribution in [3.8, 4) is 11.5 Å². The molecule has 1 aromatic heterocycles. The van der Waals surface area contributed by atoms with Crippen LogP contribution in [-0.4, -0.2) is 45.7 Å². The molecule has 1 aromatic carbocycles. The zero-order valence-corrected chi connectivity index (χ0v) is 15.0. The Kier molecular flexibility index (Phi) is 7.85. The zero-order valence-electron chi connectivity index (χ0n) is 15.0. The first-order chi connectivity index (χ1) is 12.7. The average Bonchev–Trinajstić information content (AvgIpc) is 3.20. The van der Waals surface area contributed by atoms with Crippen LogP contribution in [0.5, 0.6) is 11.5 Å². The molecular formula is C18H24N4O4. The molecule has 0 atom stereocenters. The van der Waals surface area contributed by atoms with Gasteiger partial charge in [-0.25, -0.2) is 0 Å². The molecule has 1 amide bonds. The number of furan rings is 1. The standard InChI is InChI=1S/C18H24N4O4/c1-19-18(22-13-17(23)21-12-16-4-3-10-25-16)20-9-11-26-15-7-5-14(24-2)6-8-15/h3-8,10H,9,11-13H2,1-2H3,(H,21,23)(H2,19,20,22). The van der Waals surface area contributed by atoms with Crippen molar-refractivity contribution in [1.82, 2.24) is 16.0 Å². The molecule has 0 spiro atoms. The summed E-state index contributed by atoms with van der Waals surface area (Å²) in [5.74, 6) is 2.62. The van der Waals surface area contributed by atoms with E-state index in [4.69, 9.17) is 13.9 Å².